The summed E-state index contributed by atoms with van der Waals surface area (Å²) in [6.45, 7) is 7.56. The summed E-state index contributed by atoms with van der Waals surface area (Å²) < 4.78 is 44.4. The van der Waals surface area contributed by atoms with E-state index in [0.29, 0.717) is 12.0 Å². The van der Waals surface area contributed by atoms with Crippen molar-refractivity contribution in [1.82, 2.24) is 14.4 Å². The first-order valence-electron chi connectivity index (χ1n) is 15.6. The smallest absolute Gasteiger partial charge is 0.406 e. The third-order valence-corrected chi connectivity index (χ3v) is 9.73. The van der Waals surface area contributed by atoms with Crippen molar-refractivity contribution in [1.29, 1.82) is 0 Å². The number of piperidine rings is 2. The quantitative estimate of drug-likeness (QED) is 0.204. The normalized spacial score (nSPS) is 17.8. The van der Waals surface area contributed by atoms with Crippen LogP contribution in [0.4, 0.5) is 13.2 Å². The minimum Gasteiger partial charge on any atom is -0.406 e. The number of ether oxygens (including phenoxy) is 1. The van der Waals surface area contributed by atoms with Crippen LogP contribution in [-0.4, -0.2) is 53.5 Å². The Morgan fingerprint density at radius 2 is 1.66 bits per heavy atom. The molecule has 4 aromatic rings. The van der Waals surface area contributed by atoms with E-state index in [9.17, 15) is 13.2 Å². The molecule has 3 heterocycles. The van der Waals surface area contributed by atoms with Crippen LogP contribution in [0, 0.1) is 5.41 Å². The van der Waals surface area contributed by atoms with Gasteiger partial charge in [0.1, 0.15) is 5.75 Å². The fourth-order valence-electron chi connectivity index (χ4n) is 7.12. The summed E-state index contributed by atoms with van der Waals surface area (Å²) in [6.07, 6.45) is 3.13. The van der Waals surface area contributed by atoms with Gasteiger partial charge in [-0.15, -0.1) is 13.2 Å². The summed E-state index contributed by atoms with van der Waals surface area (Å²) in [5, 5.41) is 1.95. The molecule has 0 bridgehead atoms. The van der Waals surface area contributed by atoms with Gasteiger partial charge in [-0.2, -0.15) is 0 Å². The van der Waals surface area contributed by atoms with Crippen LogP contribution in [0.25, 0.3) is 22.0 Å². The van der Waals surface area contributed by atoms with Gasteiger partial charge in [0.05, 0.1) is 0 Å². The molecule has 0 saturated carbocycles. The predicted molar refractivity (Wildman–Crippen MR) is 171 cm³/mol. The third kappa shape index (κ3) is 7.26. The number of alkyl halides is 3. The van der Waals surface area contributed by atoms with E-state index in [2.05, 4.69) is 55.6 Å². The predicted octanol–water partition coefficient (Wildman–Crippen LogP) is 8.09. The Hall–Kier alpha value is -3.04. The molecule has 0 amide bonds. The Morgan fingerprint density at radius 3 is 2.39 bits per heavy atom. The number of hydrogen-bond donors (Lipinski definition) is 1. The van der Waals surface area contributed by atoms with E-state index in [0.717, 1.165) is 79.3 Å². The van der Waals surface area contributed by atoms with Crippen molar-refractivity contribution in [3.8, 4) is 16.9 Å². The molecule has 0 atom stereocenters. The van der Waals surface area contributed by atoms with Gasteiger partial charge in [-0.3, -0.25) is 9.80 Å². The Morgan fingerprint density at radius 1 is 0.886 bits per heavy atom. The lowest BCUT2D eigenvalue weighted by atomic mass is 9.72. The molecule has 2 N–H and O–H groups in total. The summed E-state index contributed by atoms with van der Waals surface area (Å²) >= 11 is 6.47. The number of rotatable bonds is 9. The maximum absolute atomic E-state index is 12.7. The lowest BCUT2D eigenvalue weighted by molar-refractivity contribution is -0.274. The molecule has 1 aromatic heterocycles. The molecule has 0 aliphatic carbocycles. The monoisotopic (exact) mass is 624 g/mol. The molecule has 2 aliphatic rings. The van der Waals surface area contributed by atoms with Gasteiger partial charge < -0.3 is 15.0 Å². The van der Waals surface area contributed by atoms with Gasteiger partial charge in [0, 0.05) is 53.9 Å². The highest BCUT2D eigenvalue weighted by Crippen LogP contribution is 2.41. The highest BCUT2D eigenvalue weighted by molar-refractivity contribution is 6.31. The van der Waals surface area contributed by atoms with Gasteiger partial charge in [-0.05, 0) is 111 Å². The number of fused-ring (bicyclic) bond motifs is 1. The number of nitrogens with zero attached hydrogens (tertiary/aromatic N) is 3. The van der Waals surface area contributed by atoms with Gasteiger partial charge in [-0.25, -0.2) is 0 Å². The van der Waals surface area contributed by atoms with Gasteiger partial charge in [-0.1, -0.05) is 48.0 Å². The number of aryl methyl sites for hydroxylation is 1. The molecule has 2 saturated heterocycles. The van der Waals surface area contributed by atoms with E-state index in [1.807, 2.05) is 12.1 Å². The van der Waals surface area contributed by atoms with Crippen LogP contribution < -0.4 is 10.5 Å². The third-order valence-electron chi connectivity index (χ3n) is 9.36. The maximum atomic E-state index is 12.7. The molecule has 3 aromatic carbocycles. The summed E-state index contributed by atoms with van der Waals surface area (Å²) in [7, 11) is 0. The number of halogens is 4. The van der Waals surface area contributed by atoms with Crippen LogP contribution in [-0.2, 0) is 19.6 Å². The van der Waals surface area contributed by atoms with Crippen LogP contribution in [0.1, 0.15) is 43.2 Å². The molecule has 0 unspecified atom stereocenters. The summed E-state index contributed by atoms with van der Waals surface area (Å²) in [5.74, 6) is -0.221. The molecule has 1 spiro atoms. The SMILES string of the molecule is NCCCn1cc(-c2ccc(OC(F)(F)F)cc2)c2cc(CN3CCC4(CCCN(Cc5ccccc5Cl)C4)CC3)ccc21. The lowest BCUT2D eigenvalue weighted by Gasteiger charge is -2.48. The van der Waals surface area contributed by atoms with Crippen molar-refractivity contribution in [2.75, 3.05) is 32.7 Å². The second-order valence-corrected chi connectivity index (χ2v) is 12.9. The minimum absolute atomic E-state index is 0.221. The fraction of sp³-hybridized carbons (Fsp3) is 0.429. The van der Waals surface area contributed by atoms with Gasteiger partial charge in [0.2, 0.25) is 0 Å². The van der Waals surface area contributed by atoms with Crippen molar-refractivity contribution in [2.45, 2.75) is 58.1 Å². The molecule has 2 aliphatic heterocycles. The maximum Gasteiger partial charge on any atom is 0.573 e. The molecule has 6 rings (SSSR count). The van der Waals surface area contributed by atoms with Crippen LogP contribution in [0.3, 0.4) is 0 Å². The molecular formula is C35H40ClF3N4O. The number of hydrogen-bond acceptors (Lipinski definition) is 4. The first kappa shape index (κ1) is 31.0. The topological polar surface area (TPSA) is 46.7 Å². The first-order valence-corrected chi connectivity index (χ1v) is 15.9. The Labute approximate surface area is 262 Å². The van der Waals surface area contributed by atoms with Gasteiger partial charge in [0.25, 0.3) is 0 Å². The zero-order valence-electron chi connectivity index (χ0n) is 25.0. The van der Waals surface area contributed by atoms with Crippen molar-refractivity contribution in [3.05, 3.63) is 89.1 Å². The van der Waals surface area contributed by atoms with Crippen LogP contribution >= 0.6 is 11.6 Å². The highest BCUT2D eigenvalue weighted by Gasteiger charge is 2.38. The molecule has 5 nitrogen and oxygen atoms in total. The van der Waals surface area contributed by atoms with Gasteiger partial charge in [0.15, 0.2) is 0 Å². The molecule has 0 radical (unpaired) electrons. The van der Waals surface area contributed by atoms with Crippen molar-refractivity contribution in [2.24, 2.45) is 11.1 Å². The zero-order valence-corrected chi connectivity index (χ0v) is 25.7. The second-order valence-electron chi connectivity index (χ2n) is 12.5. The molecule has 2 fully saturated rings. The fourth-order valence-corrected chi connectivity index (χ4v) is 7.32. The average molecular weight is 625 g/mol. The van der Waals surface area contributed by atoms with Crippen LogP contribution in [0.5, 0.6) is 5.75 Å². The number of benzene rings is 3. The van der Waals surface area contributed by atoms with Crippen LogP contribution in [0.2, 0.25) is 5.02 Å². The Bertz CT molecular complexity index is 1560. The first-order chi connectivity index (χ1) is 21.2. The number of nitrogens with two attached hydrogens (primary N) is 1. The Kier molecular flexibility index (Phi) is 9.24. The number of likely N-dealkylation sites (tertiary alicyclic amines) is 2. The van der Waals surface area contributed by atoms with E-state index in [1.165, 1.54) is 48.9 Å². The Balaban J connectivity index is 1.15. The van der Waals surface area contributed by atoms with E-state index in [-0.39, 0.29) is 5.75 Å². The van der Waals surface area contributed by atoms with E-state index in [4.69, 9.17) is 17.3 Å². The van der Waals surface area contributed by atoms with Gasteiger partial charge >= 0.3 is 6.36 Å². The number of aromatic nitrogens is 1. The average Bonchev–Trinajstić information content (AvgIpc) is 3.36. The van der Waals surface area contributed by atoms with Crippen molar-refractivity contribution in [3.63, 3.8) is 0 Å². The van der Waals surface area contributed by atoms with E-state index in [1.54, 1.807) is 12.1 Å². The van der Waals surface area contributed by atoms with Crippen LogP contribution in [0.15, 0.2) is 72.9 Å². The second kappa shape index (κ2) is 13.1. The lowest BCUT2D eigenvalue weighted by Crippen LogP contribution is -2.49. The standard InChI is InChI=1S/C35H40ClF3N4O/c36-32-6-2-1-5-28(32)23-42-17-3-13-34(25-42)14-19-41(20-15-34)22-26-7-12-33-30(21-26)31(24-43(33)18-4-16-40)27-8-10-29(11-9-27)44-35(37,38)39/h1-2,5-12,21,24H,3-4,13-20,22-23,25,40H2. The highest BCUT2D eigenvalue weighted by atomic mass is 35.5. The molecular weight excluding hydrogens is 585 g/mol. The van der Waals surface area contributed by atoms with Crippen molar-refractivity contribution < 1.29 is 17.9 Å². The molecule has 234 valence electrons. The zero-order chi connectivity index (χ0) is 30.7. The van der Waals surface area contributed by atoms with E-state index < -0.39 is 6.36 Å². The summed E-state index contributed by atoms with van der Waals surface area (Å²) in [6, 6.07) is 20.9. The summed E-state index contributed by atoms with van der Waals surface area (Å²) in [4.78, 5) is 5.15. The molecule has 9 heteroatoms. The largest absolute Gasteiger partial charge is 0.573 e. The molecule has 44 heavy (non-hydrogen) atoms. The summed E-state index contributed by atoms with van der Waals surface area (Å²) in [5.41, 5.74) is 11.6. The van der Waals surface area contributed by atoms with E-state index >= 15 is 0 Å². The minimum atomic E-state index is -4.71. The van der Waals surface area contributed by atoms with Crippen molar-refractivity contribution >= 4 is 22.5 Å².